The van der Waals surface area contributed by atoms with Gasteiger partial charge in [-0.15, -0.1) is 11.3 Å². The summed E-state index contributed by atoms with van der Waals surface area (Å²) in [5.41, 5.74) is 2.37. The van der Waals surface area contributed by atoms with Gasteiger partial charge in [0.25, 0.3) is 11.8 Å². The molecule has 0 spiro atoms. The average Bonchev–Trinajstić information content (AvgIpc) is 3.42. The van der Waals surface area contributed by atoms with Crippen molar-refractivity contribution >= 4 is 34.5 Å². The standard InChI is InChI=1S/C26H30N4O2S/c1-20(29-14-16-30(17-15-29)21-9-4-3-5-10-21)19-27-25(31)22-11-6-7-12-23(22)28(2)26(32)24-13-8-18-33-24/h3-13,18,20H,14-17,19H2,1-2H3,(H,27,31). The number of nitrogens with one attached hydrogen (secondary N) is 1. The van der Waals surface area contributed by atoms with Gasteiger partial charge in [-0.2, -0.15) is 0 Å². The zero-order valence-corrected chi connectivity index (χ0v) is 19.9. The highest BCUT2D eigenvalue weighted by atomic mass is 32.1. The van der Waals surface area contributed by atoms with E-state index in [1.165, 1.54) is 17.0 Å². The number of amides is 2. The summed E-state index contributed by atoms with van der Waals surface area (Å²) in [5, 5.41) is 4.95. The average molecular weight is 463 g/mol. The molecule has 2 heterocycles. The summed E-state index contributed by atoms with van der Waals surface area (Å²) in [5.74, 6) is -0.277. The number of nitrogens with zero attached hydrogens (tertiary/aromatic N) is 3. The van der Waals surface area contributed by atoms with E-state index in [0.29, 0.717) is 22.7 Å². The van der Waals surface area contributed by atoms with Crippen molar-refractivity contribution in [2.75, 3.05) is 49.6 Å². The summed E-state index contributed by atoms with van der Waals surface area (Å²) in [7, 11) is 1.71. The Morgan fingerprint density at radius 3 is 2.36 bits per heavy atom. The minimum absolute atomic E-state index is 0.116. The third-order valence-corrected chi connectivity index (χ3v) is 7.02. The van der Waals surface area contributed by atoms with E-state index in [2.05, 4.69) is 46.3 Å². The summed E-state index contributed by atoms with van der Waals surface area (Å²) < 4.78 is 0. The van der Waals surface area contributed by atoms with Gasteiger partial charge in [0.05, 0.1) is 16.1 Å². The Balaban J connectivity index is 1.33. The normalized spacial score (nSPS) is 15.2. The number of hydrogen-bond acceptors (Lipinski definition) is 5. The fraction of sp³-hybridized carbons (Fsp3) is 0.308. The van der Waals surface area contributed by atoms with E-state index in [9.17, 15) is 9.59 Å². The lowest BCUT2D eigenvalue weighted by Gasteiger charge is -2.39. The van der Waals surface area contributed by atoms with Crippen molar-refractivity contribution in [2.24, 2.45) is 0 Å². The Labute approximate surface area is 199 Å². The predicted octanol–water partition coefficient (Wildman–Crippen LogP) is 3.97. The zero-order chi connectivity index (χ0) is 23.2. The highest BCUT2D eigenvalue weighted by Gasteiger charge is 2.23. The third kappa shape index (κ3) is 5.43. The second-order valence-electron chi connectivity index (χ2n) is 8.28. The molecule has 0 aliphatic carbocycles. The van der Waals surface area contributed by atoms with Crippen LogP contribution in [0, 0.1) is 0 Å². The predicted molar refractivity (Wildman–Crippen MR) is 136 cm³/mol. The molecule has 1 aliphatic heterocycles. The number of anilines is 2. The van der Waals surface area contributed by atoms with Crippen LogP contribution in [0.15, 0.2) is 72.1 Å². The fourth-order valence-corrected chi connectivity index (χ4v) is 4.86. The first kappa shape index (κ1) is 23.0. The molecule has 0 radical (unpaired) electrons. The molecule has 3 aromatic rings. The van der Waals surface area contributed by atoms with Crippen molar-refractivity contribution in [2.45, 2.75) is 13.0 Å². The van der Waals surface area contributed by atoms with E-state index < -0.39 is 0 Å². The summed E-state index contributed by atoms with van der Waals surface area (Å²) in [4.78, 5) is 32.8. The summed E-state index contributed by atoms with van der Waals surface area (Å²) in [6, 6.07) is 21.6. The highest BCUT2D eigenvalue weighted by Crippen LogP contribution is 2.23. The van der Waals surface area contributed by atoms with Crippen LogP contribution >= 0.6 is 11.3 Å². The van der Waals surface area contributed by atoms with Crippen LogP contribution in [-0.4, -0.2) is 62.5 Å². The van der Waals surface area contributed by atoms with Gasteiger partial charge in [0.2, 0.25) is 0 Å². The lowest BCUT2D eigenvalue weighted by Crippen LogP contribution is -2.52. The van der Waals surface area contributed by atoms with Crippen LogP contribution in [0.1, 0.15) is 27.0 Å². The SMILES string of the molecule is CC(CNC(=O)c1ccccc1N(C)C(=O)c1cccs1)N1CCN(c2ccccc2)CC1. The van der Waals surface area contributed by atoms with Crippen molar-refractivity contribution < 1.29 is 9.59 Å². The second-order valence-corrected chi connectivity index (χ2v) is 9.22. The fourth-order valence-electron chi connectivity index (χ4n) is 4.16. The minimum Gasteiger partial charge on any atom is -0.369 e. The van der Waals surface area contributed by atoms with E-state index in [1.54, 1.807) is 24.1 Å². The van der Waals surface area contributed by atoms with Crippen molar-refractivity contribution in [1.82, 2.24) is 10.2 Å². The Morgan fingerprint density at radius 2 is 1.67 bits per heavy atom. The molecule has 1 saturated heterocycles. The molecule has 1 unspecified atom stereocenters. The third-order valence-electron chi connectivity index (χ3n) is 6.16. The lowest BCUT2D eigenvalue weighted by molar-refractivity contribution is 0.0935. The van der Waals surface area contributed by atoms with Gasteiger partial charge in [-0.1, -0.05) is 36.4 Å². The van der Waals surface area contributed by atoms with Gasteiger partial charge < -0.3 is 15.1 Å². The lowest BCUT2D eigenvalue weighted by atomic mass is 10.1. The van der Waals surface area contributed by atoms with E-state index in [1.807, 2.05) is 35.7 Å². The maximum Gasteiger partial charge on any atom is 0.268 e. The molecule has 1 aliphatic rings. The van der Waals surface area contributed by atoms with Gasteiger partial charge in [0.15, 0.2) is 0 Å². The molecule has 172 valence electrons. The number of carbonyl (C=O) groups is 2. The van der Waals surface area contributed by atoms with Gasteiger partial charge in [-0.3, -0.25) is 14.5 Å². The molecule has 0 bridgehead atoms. The Bertz CT molecular complexity index is 1060. The van der Waals surface area contributed by atoms with Gasteiger partial charge in [0, 0.05) is 51.5 Å². The van der Waals surface area contributed by atoms with Gasteiger partial charge in [-0.25, -0.2) is 0 Å². The quantitative estimate of drug-likeness (QED) is 0.577. The van der Waals surface area contributed by atoms with E-state index in [0.717, 1.165) is 26.2 Å². The van der Waals surface area contributed by atoms with Crippen LogP contribution in [0.3, 0.4) is 0 Å². The number of rotatable bonds is 7. The highest BCUT2D eigenvalue weighted by molar-refractivity contribution is 7.12. The largest absolute Gasteiger partial charge is 0.369 e. The van der Waals surface area contributed by atoms with Crippen molar-refractivity contribution in [3.63, 3.8) is 0 Å². The maximum absolute atomic E-state index is 13.0. The van der Waals surface area contributed by atoms with Gasteiger partial charge in [0.1, 0.15) is 0 Å². The smallest absolute Gasteiger partial charge is 0.268 e. The second kappa shape index (κ2) is 10.6. The summed E-state index contributed by atoms with van der Waals surface area (Å²) in [6.07, 6.45) is 0. The molecule has 7 heteroatoms. The van der Waals surface area contributed by atoms with Crippen LogP contribution in [0.4, 0.5) is 11.4 Å². The topological polar surface area (TPSA) is 55.9 Å². The number of carbonyl (C=O) groups excluding carboxylic acids is 2. The molecule has 1 fully saturated rings. The monoisotopic (exact) mass is 462 g/mol. The number of para-hydroxylation sites is 2. The van der Waals surface area contributed by atoms with Crippen molar-refractivity contribution in [1.29, 1.82) is 0 Å². The van der Waals surface area contributed by atoms with Crippen LogP contribution in [0.2, 0.25) is 0 Å². The Kier molecular flexibility index (Phi) is 7.42. The molecule has 1 N–H and O–H groups in total. The molecule has 2 aromatic carbocycles. The number of benzene rings is 2. The Hall–Kier alpha value is -3.16. The molecule has 4 rings (SSSR count). The molecule has 6 nitrogen and oxygen atoms in total. The van der Waals surface area contributed by atoms with Crippen LogP contribution < -0.4 is 15.1 Å². The molecule has 1 atom stereocenters. The van der Waals surface area contributed by atoms with E-state index in [-0.39, 0.29) is 17.9 Å². The van der Waals surface area contributed by atoms with Crippen molar-refractivity contribution in [3.8, 4) is 0 Å². The van der Waals surface area contributed by atoms with Crippen molar-refractivity contribution in [3.05, 3.63) is 82.6 Å². The van der Waals surface area contributed by atoms with Crippen LogP contribution in [0.5, 0.6) is 0 Å². The molecular formula is C26H30N4O2S. The van der Waals surface area contributed by atoms with E-state index >= 15 is 0 Å². The van der Waals surface area contributed by atoms with Crippen LogP contribution in [-0.2, 0) is 0 Å². The first-order valence-corrected chi connectivity index (χ1v) is 12.2. The van der Waals surface area contributed by atoms with E-state index in [4.69, 9.17) is 0 Å². The molecule has 2 amide bonds. The first-order valence-electron chi connectivity index (χ1n) is 11.3. The summed E-state index contributed by atoms with van der Waals surface area (Å²) >= 11 is 1.40. The number of thiophene rings is 1. The Morgan fingerprint density at radius 1 is 0.970 bits per heavy atom. The molecule has 33 heavy (non-hydrogen) atoms. The molecular weight excluding hydrogens is 432 g/mol. The van der Waals surface area contributed by atoms with Crippen LogP contribution in [0.25, 0.3) is 0 Å². The molecule has 1 aromatic heterocycles. The number of hydrogen-bond donors (Lipinski definition) is 1. The first-order chi connectivity index (χ1) is 16.0. The zero-order valence-electron chi connectivity index (χ0n) is 19.1. The number of piperazine rings is 1. The minimum atomic E-state index is -0.161. The van der Waals surface area contributed by atoms with Gasteiger partial charge in [-0.05, 0) is 42.6 Å². The molecule has 0 saturated carbocycles. The summed E-state index contributed by atoms with van der Waals surface area (Å²) in [6.45, 7) is 6.57. The van der Waals surface area contributed by atoms with Gasteiger partial charge >= 0.3 is 0 Å². The maximum atomic E-state index is 13.0.